The highest BCUT2D eigenvalue weighted by atomic mass is 35.5. The van der Waals surface area contributed by atoms with Crippen molar-refractivity contribution in [3.63, 3.8) is 0 Å². The van der Waals surface area contributed by atoms with E-state index in [2.05, 4.69) is 17.1 Å². The molecule has 1 aliphatic rings. The Kier molecular flexibility index (Phi) is 5.30. The molecule has 2 aromatic rings. The molecule has 6 nitrogen and oxygen atoms in total. The van der Waals surface area contributed by atoms with Gasteiger partial charge >= 0.3 is 5.69 Å². The minimum absolute atomic E-state index is 0.168. The highest BCUT2D eigenvalue weighted by molar-refractivity contribution is 7.98. The fourth-order valence-corrected chi connectivity index (χ4v) is 3.64. The van der Waals surface area contributed by atoms with E-state index in [0.29, 0.717) is 29.1 Å². The zero-order chi connectivity index (χ0) is 16.2. The summed E-state index contributed by atoms with van der Waals surface area (Å²) in [5.41, 5.74) is 1.77. The number of unbranched alkanes of at least 4 members (excludes halogenated alkanes) is 1. The van der Waals surface area contributed by atoms with Gasteiger partial charge in [-0.2, -0.15) is 0 Å². The zero-order valence-corrected chi connectivity index (χ0v) is 14.4. The maximum atomic E-state index is 11.8. The van der Waals surface area contributed by atoms with Gasteiger partial charge in [-0.25, -0.2) is 9.89 Å². The van der Waals surface area contributed by atoms with Crippen LogP contribution in [-0.4, -0.2) is 21.6 Å². The molecule has 23 heavy (non-hydrogen) atoms. The van der Waals surface area contributed by atoms with Crippen molar-refractivity contribution in [1.82, 2.24) is 14.8 Å². The molecule has 0 aliphatic carbocycles. The van der Waals surface area contributed by atoms with Crippen molar-refractivity contribution in [3.8, 4) is 5.75 Å². The fourth-order valence-electron chi connectivity index (χ4n) is 2.43. The van der Waals surface area contributed by atoms with Crippen LogP contribution in [0.25, 0.3) is 0 Å². The van der Waals surface area contributed by atoms with Gasteiger partial charge in [0.25, 0.3) is 0 Å². The first-order chi connectivity index (χ1) is 11.2. The summed E-state index contributed by atoms with van der Waals surface area (Å²) < 4.78 is 12.6. The van der Waals surface area contributed by atoms with Crippen molar-refractivity contribution < 1.29 is 9.47 Å². The summed E-state index contributed by atoms with van der Waals surface area (Å²) in [6.07, 6.45) is 1.97. The zero-order valence-electron chi connectivity index (χ0n) is 12.8. The van der Waals surface area contributed by atoms with E-state index in [0.717, 1.165) is 29.7 Å². The molecule has 0 atom stereocenters. The molecule has 8 heteroatoms. The molecule has 1 N–H and O–H groups in total. The minimum Gasteiger partial charge on any atom is -0.467 e. The summed E-state index contributed by atoms with van der Waals surface area (Å²) in [5.74, 6) is 1.45. The maximum absolute atomic E-state index is 11.8. The Morgan fingerprint density at radius 1 is 1.48 bits per heavy atom. The monoisotopic (exact) mass is 355 g/mol. The normalized spacial score (nSPS) is 13.7. The van der Waals surface area contributed by atoms with Gasteiger partial charge in [-0.3, -0.25) is 4.57 Å². The van der Waals surface area contributed by atoms with Crippen molar-refractivity contribution in [2.45, 2.75) is 43.8 Å². The van der Waals surface area contributed by atoms with Crippen molar-refractivity contribution in [2.24, 2.45) is 0 Å². The van der Waals surface area contributed by atoms with E-state index in [1.165, 1.54) is 11.8 Å². The molecule has 0 saturated carbocycles. The molecule has 0 spiro atoms. The second-order valence-electron chi connectivity index (χ2n) is 5.27. The third-order valence-corrected chi connectivity index (χ3v) is 4.81. The molecule has 0 radical (unpaired) electrons. The number of nitrogens with zero attached hydrogens (tertiary/aromatic N) is 2. The standard InChI is InChI=1S/C15H18ClN3O3S/c1-2-3-4-19-14(20)17-18-15(19)23-8-11-6-12(16)5-10-7-21-9-22-13(10)11/h5-6H,2-4,7-9H2,1H3,(H,17,20). The SMILES string of the molecule is CCCCn1c(SCc2cc(Cl)cc3c2OCOC3)n[nH]c1=O. The van der Waals surface area contributed by atoms with Gasteiger partial charge in [-0.05, 0) is 18.6 Å². The van der Waals surface area contributed by atoms with Gasteiger partial charge in [0.15, 0.2) is 11.9 Å². The summed E-state index contributed by atoms with van der Waals surface area (Å²) in [4.78, 5) is 11.8. The molecule has 1 aliphatic heterocycles. The Bertz CT molecular complexity index is 744. The van der Waals surface area contributed by atoms with Crippen LogP contribution in [0, 0.1) is 0 Å². The fraction of sp³-hybridized carbons (Fsp3) is 0.467. The van der Waals surface area contributed by atoms with Gasteiger partial charge in [0.2, 0.25) is 0 Å². The van der Waals surface area contributed by atoms with Crippen LogP contribution in [0.2, 0.25) is 5.02 Å². The average molecular weight is 356 g/mol. The van der Waals surface area contributed by atoms with Crippen molar-refractivity contribution in [3.05, 3.63) is 38.8 Å². The van der Waals surface area contributed by atoms with Crippen LogP contribution >= 0.6 is 23.4 Å². The van der Waals surface area contributed by atoms with Crippen LogP contribution in [0.5, 0.6) is 5.75 Å². The van der Waals surface area contributed by atoms with Crippen molar-refractivity contribution in [1.29, 1.82) is 0 Å². The number of hydrogen-bond donors (Lipinski definition) is 1. The van der Waals surface area contributed by atoms with Gasteiger partial charge in [0.1, 0.15) is 5.75 Å². The largest absolute Gasteiger partial charge is 0.467 e. The minimum atomic E-state index is -0.168. The third-order valence-electron chi connectivity index (χ3n) is 3.57. The van der Waals surface area contributed by atoms with E-state index in [-0.39, 0.29) is 12.5 Å². The molecule has 2 heterocycles. The second kappa shape index (κ2) is 7.42. The summed E-state index contributed by atoms with van der Waals surface area (Å²) in [5, 5.41) is 7.96. The van der Waals surface area contributed by atoms with Gasteiger partial charge in [0, 0.05) is 28.4 Å². The number of H-pyrrole nitrogens is 1. The molecule has 0 bridgehead atoms. The third kappa shape index (κ3) is 3.73. The van der Waals surface area contributed by atoms with E-state index in [9.17, 15) is 4.79 Å². The Labute approximate surface area is 143 Å². The van der Waals surface area contributed by atoms with Crippen molar-refractivity contribution >= 4 is 23.4 Å². The smallest absolute Gasteiger partial charge is 0.343 e. The number of thioether (sulfide) groups is 1. The molecule has 1 aromatic carbocycles. The Morgan fingerprint density at radius 3 is 3.17 bits per heavy atom. The predicted octanol–water partition coefficient (Wildman–Crippen LogP) is 3.18. The van der Waals surface area contributed by atoms with Gasteiger partial charge in [0.05, 0.1) is 6.61 Å². The molecule has 124 valence electrons. The van der Waals surface area contributed by atoms with Crippen LogP contribution < -0.4 is 10.4 Å². The van der Waals surface area contributed by atoms with Crippen LogP contribution in [0.15, 0.2) is 22.1 Å². The lowest BCUT2D eigenvalue weighted by Gasteiger charge is -2.21. The van der Waals surface area contributed by atoms with Gasteiger partial charge < -0.3 is 9.47 Å². The Hall–Kier alpha value is -1.44. The number of rotatable bonds is 6. The van der Waals surface area contributed by atoms with E-state index >= 15 is 0 Å². The second-order valence-corrected chi connectivity index (χ2v) is 6.65. The van der Waals surface area contributed by atoms with Crippen LogP contribution in [0.1, 0.15) is 30.9 Å². The lowest BCUT2D eigenvalue weighted by atomic mass is 10.1. The molecule has 0 amide bonds. The van der Waals surface area contributed by atoms with Crippen LogP contribution in [0.4, 0.5) is 0 Å². The number of nitrogens with one attached hydrogen (secondary N) is 1. The highest BCUT2D eigenvalue weighted by Gasteiger charge is 2.17. The first kappa shape index (κ1) is 16.4. The highest BCUT2D eigenvalue weighted by Crippen LogP contribution is 2.35. The number of fused-ring (bicyclic) bond motifs is 1. The number of hydrogen-bond acceptors (Lipinski definition) is 5. The lowest BCUT2D eigenvalue weighted by Crippen LogP contribution is -2.17. The van der Waals surface area contributed by atoms with Crippen LogP contribution in [0.3, 0.4) is 0 Å². The number of aromatic amines is 1. The molecule has 3 rings (SSSR count). The topological polar surface area (TPSA) is 69.1 Å². The van der Waals surface area contributed by atoms with E-state index in [4.69, 9.17) is 21.1 Å². The van der Waals surface area contributed by atoms with Gasteiger partial charge in [-0.15, -0.1) is 5.10 Å². The summed E-state index contributed by atoms with van der Waals surface area (Å²) in [6, 6.07) is 3.75. The number of halogens is 1. The molecular weight excluding hydrogens is 338 g/mol. The Balaban J connectivity index is 1.79. The van der Waals surface area contributed by atoms with E-state index in [1.807, 2.05) is 12.1 Å². The summed E-state index contributed by atoms with van der Waals surface area (Å²) in [7, 11) is 0. The lowest BCUT2D eigenvalue weighted by molar-refractivity contribution is -0.0168. The first-order valence-corrected chi connectivity index (χ1v) is 8.85. The molecule has 0 saturated heterocycles. The average Bonchev–Trinajstić information content (AvgIpc) is 2.90. The number of ether oxygens (including phenoxy) is 2. The summed E-state index contributed by atoms with van der Waals surface area (Å²) >= 11 is 7.66. The van der Waals surface area contributed by atoms with E-state index in [1.54, 1.807) is 4.57 Å². The maximum Gasteiger partial charge on any atom is 0.343 e. The number of benzene rings is 1. The first-order valence-electron chi connectivity index (χ1n) is 7.49. The number of aromatic nitrogens is 3. The molecule has 1 aromatic heterocycles. The van der Waals surface area contributed by atoms with E-state index < -0.39 is 0 Å². The van der Waals surface area contributed by atoms with Crippen molar-refractivity contribution in [2.75, 3.05) is 6.79 Å². The Morgan fingerprint density at radius 2 is 2.35 bits per heavy atom. The molecule has 0 unspecified atom stereocenters. The van der Waals surface area contributed by atoms with Gasteiger partial charge in [-0.1, -0.05) is 36.7 Å². The molecule has 0 fully saturated rings. The predicted molar refractivity (Wildman–Crippen MR) is 89.1 cm³/mol. The quantitative estimate of drug-likeness (QED) is 0.806. The van der Waals surface area contributed by atoms with Crippen LogP contribution in [-0.2, 0) is 23.6 Å². The summed E-state index contributed by atoms with van der Waals surface area (Å²) in [6.45, 7) is 3.51. The molecular formula is C15H18ClN3O3S.